The fourth-order valence-corrected chi connectivity index (χ4v) is 5.88. The molecule has 0 aliphatic carbocycles. The van der Waals surface area contributed by atoms with Crippen molar-refractivity contribution in [3.63, 3.8) is 0 Å². The summed E-state index contributed by atoms with van der Waals surface area (Å²) < 4.78 is 7.04. The van der Waals surface area contributed by atoms with Crippen molar-refractivity contribution in [3.8, 4) is 5.75 Å². The van der Waals surface area contributed by atoms with E-state index >= 15 is 0 Å². The van der Waals surface area contributed by atoms with Gasteiger partial charge in [-0.3, -0.25) is 9.80 Å². The third-order valence-corrected chi connectivity index (χ3v) is 7.83. The van der Waals surface area contributed by atoms with Gasteiger partial charge < -0.3 is 15.4 Å². The van der Waals surface area contributed by atoms with Crippen LogP contribution in [0.15, 0.2) is 48.5 Å². The molecular formula is C26H32N4O2S. The van der Waals surface area contributed by atoms with Crippen LogP contribution in [0, 0.1) is 0 Å². The number of anilines is 2. The smallest absolute Gasteiger partial charge is 0.319 e. The number of piperazine rings is 1. The van der Waals surface area contributed by atoms with Crippen LogP contribution in [0.3, 0.4) is 0 Å². The number of amides is 2. The maximum Gasteiger partial charge on any atom is 0.319 e. The van der Waals surface area contributed by atoms with Gasteiger partial charge in [0.15, 0.2) is 0 Å². The number of aryl methyl sites for hydroxylation is 1. The molecule has 5 rings (SSSR count). The lowest BCUT2D eigenvalue weighted by molar-refractivity contribution is 0.249. The summed E-state index contributed by atoms with van der Waals surface area (Å²) in [6.45, 7) is 6.75. The van der Waals surface area contributed by atoms with Gasteiger partial charge in [0.05, 0.1) is 6.61 Å². The second kappa shape index (κ2) is 10.0. The van der Waals surface area contributed by atoms with E-state index in [9.17, 15) is 4.79 Å². The molecule has 0 radical (unpaired) electrons. The molecular weight excluding hydrogens is 432 g/mol. The van der Waals surface area contributed by atoms with Gasteiger partial charge in [-0.2, -0.15) is 0 Å². The summed E-state index contributed by atoms with van der Waals surface area (Å²) in [5, 5.41) is 2.10. The van der Waals surface area contributed by atoms with Gasteiger partial charge in [-0.1, -0.05) is 24.3 Å². The Hall–Kier alpha value is -2.77. The summed E-state index contributed by atoms with van der Waals surface area (Å²) in [4.78, 5) is 18.8. The fraction of sp³-hybridized carbons (Fsp3) is 0.423. The number of thiophene rings is 1. The molecule has 2 N–H and O–H groups in total. The second-order valence-electron chi connectivity index (χ2n) is 8.89. The average Bonchev–Trinajstić information content (AvgIpc) is 3.27. The molecule has 3 aromatic rings. The van der Waals surface area contributed by atoms with E-state index in [1.165, 1.54) is 16.0 Å². The van der Waals surface area contributed by atoms with Gasteiger partial charge in [0, 0.05) is 49.2 Å². The van der Waals surface area contributed by atoms with Crippen LogP contribution < -0.4 is 20.3 Å². The topological polar surface area (TPSA) is 62.0 Å². The number of nitrogens with zero attached hydrogens (tertiary/aromatic N) is 3. The van der Waals surface area contributed by atoms with Crippen LogP contribution in [-0.4, -0.2) is 56.8 Å². The first-order valence-electron chi connectivity index (χ1n) is 12.0. The highest BCUT2D eigenvalue weighted by Gasteiger charge is 2.20. The van der Waals surface area contributed by atoms with E-state index in [4.69, 9.17) is 10.5 Å². The maximum absolute atomic E-state index is 12.1. The number of fused-ring (bicyclic) bond motifs is 2. The molecule has 0 bridgehead atoms. The van der Waals surface area contributed by atoms with Gasteiger partial charge >= 0.3 is 6.03 Å². The van der Waals surface area contributed by atoms with E-state index in [-0.39, 0.29) is 6.03 Å². The van der Waals surface area contributed by atoms with E-state index in [2.05, 4.69) is 46.2 Å². The molecule has 2 aromatic carbocycles. The number of nitrogens with two attached hydrogens (primary N) is 1. The van der Waals surface area contributed by atoms with Crippen molar-refractivity contribution in [3.05, 3.63) is 54.1 Å². The number of hydrogen-bond acceptors (Lipinski definition) is 5. The first-order valence-corrected chi connectivity index (χ1v) is 12.8. The minimum absolute atomic E-state index is 0.371. The van der Waals surface area contributed by atoms with E-state index in [0.29, 0.717) is 6.54 Å². The molecule has 2 aliphatic heterocycles. The highest BCUT2D eigenvalue weighted by Crippen LogP contribution is 2.33. The number of carbonyl (C=O) groups excluding carboxylic acids is 1. The van der Waals surface area contributed by atoms with Crippen LogP contribution in [0.2, 0.25) is 0 Å². The van der Waals surface area contributed by atoms with Gasteiger partial charge in [-0.05, 0) is 61.4 Å². The number of primary amides is 1. The molecule has 0 atom stereocenters. The quantitative estimate of drug-likeness (QED) is 0.514. The highest BCUT2D eigenvalue weighted by molar-refractivity contribution is 7.23. The molecule has 7 heteroatoms. The third kappa shape index (κ3) is 5.09. The number of benzene rings is 2. The number of hydrogen-bond donors (Lipinski definition) is 1. The van der Waals surface area contributed by atoms with E-state index in [1.54, 1.807) is 16.2 Å². The molecule has 174 valence electrons. The Morgan fingerprint density at radius 2 is 1.91 bits per heavy atom. The average molecular weight is 465 g/mol. The Morgan fingerprint density at radius 1 is 1.06 bits per heavy atom. The van der Waals surface area contributed by atoms with Crippen LogP contribution >= 0.6 is 11.3 Å². The zero-order valence-electron chi connectivity index (χ0n) is 19.0. The number of urea groups is 1. The van der Waals surface area contributed by atoms with Crippen LogP contribution in [0.5, 0.6) is 5.75 Å². The second-order valence-corrected chi connectivity index (χ2v) is 9.95. The molecule has 1 aromatic heterocycles. The van der Waals surface area contributed by atoms with Gasteiger partial charge in [-0.15, -0.1) is 11.3 Å². The van der Waals surface area contributed by atoms with Crippen molar-refractivity contribution in [2.75, 3.05) is 55.7 Å². The highest BCUT2D eigenvalue weighted by atomic mass is 32.1. The zero-order valence-corrected chi connectivity index (χ0v) is 19.9. The maximum atomic E-state index is 12.1. The predicted octanol–water partition coefficient (Wildman–Crippen LogP) is 4.71. The number of rotatable bonds is 7. The summed E-state index contributed by atoms with van der Waals surface area (Å²) >= 11 is 1.63. The van der Waals surface area contributed by atoms with Crippen LogP contribution in [-0.2, 0) is 6.42 Å². The minimum atomic E-state index is -0.371. The molecule has 2 amide bonds. The lowest BCUT2D eigenvalue weighted by Gasteiger charge is -2.36. The summed E-state index contributed by atoms with van der Waals surface area (Å²) in [6.07, 6.45) is 4.24. The molecule has 33 heavy (non-hydrogen) atoms. The van der Waals surface area contributed by atoms with E-state index in [1.807, 2.05) is 12.1 Å². The molecule has 1 fully saturated rings. The summed E-state index contributed by atoms with van der Waals surface area (Å²) in [6, 6.07) is 16.6. The van der Waals surface area contributed by atoms with Crippen LogP contribution in [0.1, 0.15) is 24.8 Å². The Kier molecular flexibility index (Phi) is 6.69. The molecule has 6 nitrogen and oxygen atoms in total. The van der Waals surface area contributed by atoms with Gasteiger partial charge in [0.2, 0.25) is 0 Å². The van der Waals surface area contributed by atoms with Crippen molar-refractivity contribution in [1.29, 1.82) is 0 Å². The fourth-order valence-electron chi connectivity index (χ4n) is 4.79. The van der Waals surface area contributed by atoms with Crippen molar-refractivity contribution < 1.29 is 9.53 Å². The first kappa shape index (κ1) is 22.0. The standard InChI is InChI=1S/C26H32N4O2S/c27-26(31)30(25-18-21-6-1-2-8-24(21)33-25)12-4-3-11-28-13-15-29(16-14-28)22-10-9-20-7-5-17-32-23(20)19-22/h1-2,6,8-10,18-19H,3-5,7,11-17H2,(H2,27,31). The summed E-state index contributed by atoms with van der Waals surface area (Å²) in [7, 11) is 0. The summed E-state index contributed by atoms with van der Waals surface area (Å²) in [5.41, 5.74) is 8.31. The molecule has 2 aliphatic rings. The lowest BCUT2D eigenvalue weighted by Crippen LogP contribution is -2.46. The molecule has 0 spiro atoms. The Morgan fingerprint density at radius 3 is 2.73 bits per heavy atom. The Bertz CT molecular complexity index is 1070. The van der Waals surface area contributed by atoms with Crippen molar-refractivity contribution in [2.45, 2.75) is 25.7 Å². The molecule has 1 saturated heterocycles. The van der Waals surface area contributed by atoms with Crippen LogP contribution in [0.4, 0.5) is 15.5 Å². The van der Waals surface area contributed by atoms with Crippen LogP contribution in [0.25, 0.3) is 10.1 Å². The zero-order chi connectivity index (χ0) is 22.6. The van der Waals surface area contributed by atoms with Crippen molar-refractivity contribution in [1.82, 2.24) is 4.90 Å². The van der Waals surface area contributed by atoms with Crippen molar-refractivity contribution >= 4 is 38.1 Å². The minimum Gasteiger partial charge on any atom is -0.493 e. The normalized spacial score (nSPS) is 16.4. The number of carbonyl (C=O) groups is 1. The number of ether oxygens (including phenoxy) is 1. The van der Waals surface area contributed by atoms with Crippen molar-refractivity contribution in [2.24, 2.45) is 5.73 Å². The SMILES string of the molecule is NC(=O)N(CCCCN1CCN(c2ccc3c(c2)OCCC3)CC1)c1cc2ccccc2s1. The monoisotopic (exact) mass is 464 g/mol. The largest absolute Gasteiger partial charge is 0.493 e. The first-order chi connectivity index (χ1) is 16.2. The third-order valence-electron chi connectivity index (χ3n) is 6.69. The molecule has 0 saturated carbocycles. The molecule has 0 unspecified atom stereocenters. The Labute approximate surface area is 199 Å². The van der Waals surface area contributed by atoms with E-state index < -0.39 is 0 Å². The van der Waals surface area contributed by atoms with Gasteiger partial charge in [0.1, 0.15) is 10.8 Å². The van der Waals surface area contributed by atoms with Gasteiger partial charge in [-0.25, -0.2) is 4.79 Å². The summed E-state index contributed by atoms with van der Waals surface area (Å²) in [5.74, 6) is 1.07. The molecule has 3 heterocycles. The lowest BCUT2D eigenvalue weighted by atomic mass is 10.1. The Balaban J connectivity index is 1.08. The van der Waals surface area contributed by atoms with Gasteiger partial charge in [0.25, 0.3) is 0 Å². The van der Waals surface area contributed by atoms with E-state index in [0.717, 1.165) is 81.2 Å². The predicted molar refractivity (Wildman–Crippen MR) is 137 cm³/mol. The number of unbranched alkanes of at least 4 members (excludes halogenated alkanes) is 1.